The lowest BCUT2D eigenvalue weighted by Crippen LogP contribution is -1.89. The topological polar surface area (TPSA) is 57.4 Å². The van der Waals surface area contributed by atoms with Crippen molar-refractivity contribution in [2.75, 3.05) is 0 Å². The van der Waals surface area contributed by atoms with Crippen LogP contribution in [0.25, 0.3) is 44.1 Å². The van der Waals surface area contributed by atoms with Crippen molar-refractivity contribution < 1.29 is 0 Å². The number of fused-ring (bicyclic) bond motifs is 2. The largest absolute Gasteiger partial charge is 0.342 e. The second-order valence-corrected chi connectivity index (χ2v) is 7.70. The summed E-state index contributed by atoms with van der Waals surface area (Å²) in [7, 11) is 0. The van der Waals surface area contributed by atoms with Gasteiger partial charge in [0.15, 0.2) is 0 Å². The highest BCUT2D eigenvalue weighted by molar-refractivity contribution is 6.00. The molecule has 3 aromatic carbocycles. The smallest absolute Gasteiger partial charge is 0.109 e. The average Bonchev–Trinajstić information content (AvgIpc) is 3.35. The summed E-state index contributed by atoms with van der Waals surface area (Å²) in [6.45, 7) is 6.27. The van der Waals surface area contributed by atoms with Crippen molar-refractivity contribution >= 4 is 21.5 Å². The van der Waals surface area contributed by atoms with Crippen LogP contribution in [0.3, 0.4) is 0 Å². The van der Waals surface area contributed by atoms with E-state index in [1.165, 1.54) is 21.5 Å². The summed E-state index contributed by atoms with van der Waals surface area (Å²) in [6, 6.07) is 17.7. The van der Waals surface area contributed by atoms with Crippen molar-refractivity contribution in [2.45, 2.75) is 26.7 Å². The number of aromatic nitrogens is 4. The van der Waals surface area contributed by atoms with Crippen LogP contribution in [0.4, 0.5) is 0 Å². The fourth-order valence-corrected chi connectivity index (χ4v) is 3.68. The molecule has 0 atom stereocenters. The minimum Gasteiger partial charge on any atom is -0.342 e. The Bertz CT molecular complexity index is 1310. The van der Waals surface area contributed by atoms with Crippen molar-refractivity contribution in [3.8, 4) is 22.5 Å². The van der Waals surface area contributed by atoms with E-state index in [0.29, 0.717) is 5.92 Å². The van der Waals surface area contributed by atoms with Crippen molar-refractivity contribution in [2.24, 2.45) is 0 Å². The van der Waals surface area contributed by atoms with E-state index in [9.17, 15) is 0 Å². The van der Waals surface area contributed by atoms with Crippen LogP contribution in [-0.2, 0) is 0 Å². The third kappa shape index (κ3) is 2.87. The van der Waals surface area contributed by atoms with Gasteiger partial charge in [-0.2, -0.15) is 0 Å². The summed E-state index contributed by atoms with van der Waals surface area (Å²) >= 11 is 0. The Morgan fingerprint density at radius 2 is 1.25 bits per heavy atom. The van der Waals surface area contributed by atoms with E-state index < -0.39 is 0 Å². The van der Waals surface area contributed by atoms with Gasteiger partial charge in [-0.05, 0) is 52.7 Å². The number of aryl methyl sites for hydroxylation is 1. The molecule has 28 heavy (non-hydrogen) atoms. The van der Waals surface area contributed by atoms with Gasteiger partial charge in [0.05, 0.1) is 23.8 Å². The average molecular weight is 366 g/mol. The van der Waals surface area contributed by atoms with Gasteiger partial charge in [0.1, 0.15) is 11.6 Å². The third-order valence-electron chi connectivity index (χ3n) is 5.26. The van der Waals surface area contributed by atoms with Crippen LogP contribution in [0.2, 0.25) is 0 Å². The first kappa shape index (κ1) is 16.8. The maximum atomic E-state index is 4.50. The van der Waals surface area contributed by atoms with Crippen LogP contribution in [-0.4, -0.2) is 19.9 Å². The van der Waals surface area contributed by atoms with E-state index in [4.69, 9.17) is 0 Å². The van der Waals surface area contributed by atoms with Gasteiger partial charge in [-0.3, -0.25) is 0 Å². The van der Waals surface area contributed by atoms with Crippen LogP contribution in [0.5, 0.6) is 0 Å². The second kappa shape index (κ2) is 6.34. The first-order valence-electron chi connectivity index (χ1n) is 9.62. The molecule has 138 valence electrons. The number of benzene rings is 3. The first-order chi connectivity index (χ1) is 13.6. The molecule has 0 aliphatic rings. The Morgan fingerprint density at radius 3 is 1.75 bits per heavy atom. The number of nitrogens with one attached hydrogen (secondary N) is 2. The number of imidazole rings is 2. The summed E-state index contributed by atoms with van der Waals surface area (Å²) in [5.74, 6) is 2.35. The summed E-state index contributed by atoms with van der Waals surface area (Å²) in [5, 5.41) is 4.93. The highest BCUT2D eigenvalue weighted by Gasteiger charge is 2.08. The molecule has 0 amide bonds. The fraction of sp³-hybridized carbons (Fsp3) is 0.167. The van der Waals surface area contributed by atoms with Crippen molar-refractivity contribution in [3.63, 3.8) is 0 Å². The van der Waals surface area contributed by atoms with E-state index in [1.807, 2.05) is 19.3 Å². The quantitative estimate of drug-likeness (QED) is 0.373. The first-order valence-corrected chi connectivity index (χ1v) is 9.62. The predicted molar refractivity (Wildman–Crippen MR) is 115 cm³/mol. The summed E-state index contributed by atoms with van der Waals surface area (Å²) < 4.78 is 0. The lowest BCUT2D eigenvalue weighted by molar-refractivity contribution is 0.795. The van der Waals surface area contributed by atoms with Crippen molar-refractivity contribution in [1.29, 1.82) is 0 Å². The molecule has 4 nitrogen and oxygen atoms in total. The summed E-state index contributed by atoms with van der Waals surface area (Å²) in [5.41, 5.74) is 4.43. The minimum absolute atomic E-state index is 0.394. The van der Waals surface area contributed by atoms with E-state index in [0.717, 1.165) is 34.2 Å². The number of H-pyrrole nitrogens is 2. The zero-order chi connectivity index (χ0) is 19.3. The molecule has 0 bridgehead atoms. The second-order valence-electron chi connectivity index (χ2n) is 7.70. The van der Waals surface area contributed by atoms with Crippen molar-refractivity contribution in [1.82, 2.24) is 19.9 Å². The Morgan fingerprint density at radius 1 is 0.679 bits per heavy atom. The maximum absolute atomic E-state index is 4.50. The van der Waals surface area contributed by atoms with E-state index in [-0.39, 0.29) is 0 Å². The Balaban J connectivity index is 1.59. The van der Waals surface area contributed by atoms with Crippen LogP contribution >= 0.6 is 0 Å². The van der Waals surface area contributed by atoms with Gasteiger partial charge in [-0.1, -0.05) is 38.1 Å². The monoisotopic (exact) mass is 366 g/mol. The molecule has 0 spiro atoms. The standard InChI is InChI=1S/C24H22N4/c1-14(2)24-26-13-23(28-24)19-7-5-17-8-20-10-18(22-12-25-15(3)27-22)6-4-16(20)9-21(17)11-19/h4-14H,1-3H3,(H,25,27)(H,26,28). The van der Waals surface area contributed by atoms with Crippen molar-refractivity contribution in [3.05, 3.63) is 72.6 Å². The zero-order valence-corrected chi connectivity index (χ0v) is 16.2. The SMILES string of the molecule is Cc1ncc(-c2ccc3cc4cc(-c5cnc(C(C)C)[nH]5)ccc4cc3c2)[nH]1. The van der Waals surface area contributed by atoms with Gasteiger partial charge >= 0.3 is 0 Å². The lowest BCUT2D eigenvalue weighted by Gasteiger charge is -2.07. The maximum Gasteiger partial charge on any atom is 0.109 e. The lowest BCUT2D eigenvalue weighted by atomic mass is 9.99. The Labute approximate surface area is 163 Å². The molecular weight excluding hydrogens is 344 g/mol. The number of hydrogen-bond acceptors (Lipinski definition) is 2. The molecule has 0 unspecified atom stereocenters. The van der Waals surface area contributed by atoms with Gasteiger partial charge in [0.25, 0.3) is 0 Å². The molecule has 2 N–H and O–H groups in total. The third-order valence-corrected chi connectivity index (χ3v) is 5.26. The van der Waals surface area contributed by atoms with Crippen LogP contribution < -0.4 is 0 Å². The van der Waals surface area contributed by atoms with E-state index in [2.05, 4.69) is 82.3 Å². The molecule has 2 aromatic heterocycles. The van der Waals surface area contributed by atoms with Gasteiger partial charge in [-0.25, -0.2) is 9.97 Å². The summed E-state index contributed by atoms with van der Waals surface area (Å²) in [4.78, 5) is 15.6. The molecule has 5 aromatic rings. The number of nitrogens with zero attached hydrogens (tertiary/aromatic N) is 2. The van der Waals surface area contributed by atoms with Crippen LogP contribution in [0, 0.1) is 6.92 Å². The Hall–Kier alpha value is -3.40. The molecule has 5 rings (SSSR count). The number of rotatable bonds is 3. The molecule has 4 heteroatoms. The van der Waals surface area contributed by atoms with E-state index in [1.54, 1.807) is 0 Å². The number of aromatic amines is 2. The molecule has 0 aliphatic carbocycles. The van der Waals surface area contributed by atoms with Crippen LogP contribution in [0.15, 0.2) is 60.9 Å². The molecule has 2 heterocycles. The minimum atomic E-state index is 0.394. The van der Waals surface area contributed by atoms with E-state index >= 15 is 0 Å². The molecule has 0 saturated heterocycles. The number of hydrogen-bond donors (Lipinski definition) is 2. The fourth-order valence-electron chi connectivity index (χ4n) is 3.68. The predicted octanol–water partition coefficient (Wildman–Crippen LogP) is 6.21. The molecule has 0 saturated carbocycles. The van der Waals surface area contributed by atoms with Gasteiger partial charge in [0, 0.05) is 17.0 Å². The van der Waals surface area contributed by atoms with Gasteiger partial charge in [0.2, 0.25) is 0 Å². The normalized spacial score (nSPS) is 11.7. The summed E-state index contributed by atoms with van der Waals surface area (Å²) in [6.07, 6.45) is 3.82. The van der Waals surface area contributed by atoms with Gasteiger partial charge < -0.3 is 9.97 Å². The molecule has 0 fully saturated rings. The van der Waals surface area contributed by atoms with Crippen LogP contribution in [0.1, 0.15) is 31.4 Å². The zero-order valence-electron chi connectivity index (χ0n) is 16.2. The molecule has 0 aliphatic heterocycles. The highest BCUT2D eigenvalue weighted by Crippen LogP contribution is 2.30. The highest BCUT2D eigenvalue weighted by atomic mass is 14.9. The molecule has 0 radical (unpaired) electrons. The molecular formula is C24H22N4. The Kier molecular flexibility index (Phi) is 3.79. The van der Waals surface area contributed by atoms with Gasteiger partial charge in [-0.15, -0.1) is 0 Å².